The minimum absolute atomic E-state index is 0.117. The van der Waals surface area contributed by atoms with Gasteiger partial charge in [0.05, 0.1) is 11.3 Å². The van der Waals surface area contributed by atoms with Crippen molar-refractivity contribution < 1.29 is 9.13 Å². The highest BCUT2D eigenvalue weighted by Gasteiger charge is 2.21. The summed E-state index contributed by atoms with van der Waals surface area (Å²) in [5, 5.41) is 16.5. The van der Waals surface area contributed by atoms with Gasteiger partial charge < -0.3 is 4.74 Å². The molecule has 3 heterocycles. The summed E-state index contributed by atoms with van der Waals surface area (Å²) in [6, 6.07) is 6.47. The van der Waals surface area contributed by atoms with E-state index < -0.39 is 0 Å². The molecule has 1 aromatic carbocycles. The highest BCUT2D eigenvalue weighted by atomic mass is 19.1. The van der Waals surface area contributed by atoms with Crippen LogP contribution in [0.2, 0.25) is 0 Å². The first-order valence-corrected chi connectivity index (χ1v) is 7.56. The van der Waals surface area contributed by atoms with Gasteiger partial charge in [0, 0.05) is 12.6 Å². The maximum absolute atomic E-state index is 14.4. The summed E-state index contributed by atoms with van der Waals surface area (Å²) in [5.41, 5.74) is 2.18. The summed E-state index contributed by atoms with van der Waals surface area (Å²) in [5.74, 6) is 0.414. The van der Waals surface area contributed by atoms with Crippen molar-refractivity contribution in [2.75, 3.05) is 0 Å². The Bertz CT molecular complexity index is 1060. The van der Waals surface area contributed by atoms with Gasteiger partial charge in [-0.15, -0.1) is 10.2 Å². The summed E-state index contributed by atoms with van der Waals surface area (Å²) >= 11 is 0. The number of fused-ring (bicyclic) bond motifs is 1. The lowest BCUT2D eigenvalue weighted by atomic mass is 10.1. The summed E-state index contributed by atoms with van der Waals surface area (Å²) in [6.07, 6.45) is 3.04. The Morgan fingerprint density at radius 1 is 1.16 bits per heavy atom. The number of aromatic nitrogens is 7. The molecule has 0 bridgehead atoms. The molecule has 0 saturated carbocycles. The van der Waals surface area contributed by atoms with E-state index in [-0.39, 0.29) is 18.3 Å². The van der Waals surface area contributed by atoms with Crippen LogP contribution < -0.4 is 4.74 Å². The molecule has 8 nitrogen and oxygen atoms in total. The molecule has 0 aliphatic heterocycles. The number of benzene rings is 1. The highest BCUT2D eigenvalue weighted by Crippen LogP contribution is 2.36. The van der Waals surface area contributed by atoms with E-state index in [1.807, 2.05) is 0 Å². The van der Waals surface area contributed by atoms with Crippen molar-refractivity contribution in [1.82, 2.24) is 34.6 Å². The number of hydrogen-bond donors (Lipinski definition) is 0. The normalized spacial score (nSPS) is 11.2. The van der Waals surface area contributed by atoms with Crippen molar-refractivity contribution in [3.8, 4) is 17.0 Å². The van der Waals surface area contributed by atoms with E-state index in [9.17, 15) is 4.39 Å². The third kappa shape index (κ3) is 2.69. The molecule has 0 amide bonds. The third-order valence-electron chi connectivity index (χ3n) is 3.72. The molecule has 0 aliphatic carbocycles. The number of halogens is 1. The quantitative estimate of drug-likeness (QED) is 0.565. The molecule has 0 spiro atoms. The molecule has 0 atom stereocenters. The van der Waals surface area contributed by atoms with Gasteiger partial charge in [0.2, 0.25) is 5.88 Å². The smallest absolute Gasteiger partial charge is 0.242 e. The molecule has 0 radical (unpaired) electrons. The monoisotopic (exact) mass is 339 g/mol. The van der Waals surface area contributed by atoms with Crippen molar-refractivity contribution in [3.05, 3.63) is 54.3 Å². The first kappa shape index (κ1) is 15.2. The average Bonchev–Trinajstić information content (AvgIpc) is 3.17. The van der Waals surface area contributed by atoms with Crippen molar-refractivity contribution >= 4 is 5.52 Å². The lowest BCUT2D eigenvalue weighted by Gasteiger charge is -2.06. The molecule has 0 saturated heterocycles. The van der Waals surface area contributed by atoms with E-state index in [1.165, 1.54) is 16.9 Å². The second kappa shape index (κ2) is 5.93. The summed E-state index contributed by atoms with van der Waals surface area (Å²) in [4.78, 5) is 4.12. The highest BCUT2D eigenvalue weighted by molar-refractivity contribution is 5.86. The fraction of sp³-hybridized carbons (Fsp3) is 0.188. The maximum atomic E-state index is 14.4. The molecule has 0 fully saturated rings. The molecular weight excluding hydrogens is 325 g/mol. The van der Waals surface area contributed by atoms with Gasteiger partial charge in [0.1, 0.15) is 24.0 Å². The van der Waals surface area contributed by atoms with E-state index in [4.69, 9.17) is 4.74 Å². The Morgan fingerprint density at radius 3 is 2.76 bits per heavy atom. The first-order valence-electron chi connectivity index (χ1n) is 7.56. The van der Waals surface area contributed by atoms with E-state index in [2.05, 4.69) is 25.4 Å². The average molecular weight is 339 g/mol. The number of rotatable bonds is 4. The van der Waals surface area contributed by atoms with Gasteiger partial charge >= 0.3 is 0 Å². The molecule has 4 aromatic rings. The van der Waals surface area contributed by atoms with Gasteiger partial charge in [0.25, 0.3) is 0 Å². The SMILES string of the molecule is Cc1nncn2nc(OCc3ncn(C)n3)c(-c3ccccc3F)c12. The number of nitrogens with zero attached hydrogens (tertiary/aromatic N) is 7. The summed E-state index contributed by atoms with van der Waals surface area (Å²) in [7, 11) is 1.77. The lowest BCUT2D eigenvalue weighted by Crippen LogP contribution is -2.00. The van der Waals surface area contributed by atoms with Gasteiger partial charge in [-0.3, -0.25) is 4.68 Å². The van der Waals surface area contributed by atoms with Crippen LogP contribution in [-0.2, 0) is 13.7 Å². The van der Waals surface area contributed by atoms with Gasteiger partial charge in [-0.1, -0.05) is 18.2 Å². The fourth-order valence-corrected chi connectivity index (χ4v) is 2.64. The molecule has 25 heavy (non-hydrogen) atoms. The molecule has 126 valence electrons. The van der Waals surface area contributed by atoms with Gasteiger partial charge in [-0.05, 0) is 13.0 Å². The zero-order valence-electron chi connectivity index (χ0n) is 13.6. The van der Waals surface area contributed by atoms with Crippen LogP contribution in [0.15, 0.2) is 36.9 Å². The van der Waals surface area contributed by atoms with Crippen molar-refractivity contribution in [3.63, 3.8) is 0 Å². The minimum atomic E-state index is -0.366. The standard InChI is InChI=1S/C16H14FN7O/c1-10-15-14(11-5-3-4-6-12(11)17)16(22-24(15)9-19-20-10)25-7-13-18-8-23(2)21-13/h3-6,8-9H,7H2,1-2H3. The predicted molar refractivity (Wildman–Crippen MR) is 86.2 cm³/mol. The van der Waals surface area contributed by atoms with Crippen LogP contribution in [0.4, 0.5) is 4.39 Å². The summed E-state index contributed by atoms with van der Waals surface area (Å²) < 4.78 is 23.3. The van der Waals surface area contributed by atoms with Crippen molar-refractivity contribution in [2.45, 2.75) is 13.5 Å². The number of ether oxygens (including phenoxy) is 1. The molecule has 4 rings (SSSR count). The Balaban J connectivity index is 1.84. The van der Waals surface area contributed by atoms with Crippen LogP contribution in [0.1, 0.15) is 11.5 Å². The molecule has 3 aromatic heterocycles. The van der Waals surface area contributed by atoms with Gasteiger partial charge in [-0.25, -0.2) is 13.9 Å². The van der Waals surface area contributed by atoms with Crippen LogP contribution in [0.3, 0.4) is 0 Å². The Hall–Kier alpha value is -3.36. The second-order valence-corrected chi connectivity index (χ2v) is 5.49. The topological polar surface area (TPSA) is 83.0 Å². The van der Waals surface area contributed by atoms with E-state index in [1.54, 1.807) is 43.2 Å². The Morgan fingerprint density at radius 2 is 2.00 bits per heavy atom. The third-order valence-corrected chi connectivity index (χ3v) is 3.72. The van der Waals surface area contributed by atoms with Crippen molar-refractivity contribution in [2.24, 2.45) is 7.05 Å². The molecule has 0 N–H and O–H groups in total. The fourth-order valence-electron chi connectivity index (χ4n) is 2.64. The van der Waals surface area contributed by atoms with Crippen LogP contribution in [0.5, 0.6) is 5.88 Å². The van der Waals surface area contributed by atoms with Gasteiger partial charge in [-0.2, -0.15) is 10.2 Å². The minimum Gasteiger partial charge on any atom is -0.468 e. The zero-order valence-corrected chi connectivity index (χ0v) is 13.6. The Kier molecular flexibility index (Phi) is 3.60. The van der Waals surface area contributed by atoms with E-state index in [0.29, 0.717) is 28.2 Å². The van der Waals surface area contributed by atoms with E-state index >= 15 is 0 Å². The van der Waals surface area contributed by atoms with E-state index in [0.717, 1.165) is 0 Å². The molecule has 0 unspecified atom stereocenters. The van der Waals surface area contributed by atoms with Crippen LogP contribution in [0, 0.1) is 12.7 Å². The zero-order chi connectivity index (χ0) is 17.4. The van der Waals surface area contributed by atoms with Crippen LogP contribution in [0.25, 0.3) is 16.6 Å². The van der Waals surface area contributed by atoms with Gasteiger partial charge in [0.15, 0.2) is 12.4 Å². The maximum Gasteiger partial charge on any atom is 0.242 e. The number of aryl methyl sites for hydroxylation is 2. The number of hydrogen-bond acceptors (Lipinski definition) is 6. The Labute approximate surface area is 141 Å². The van der Waals surface area contributed by atoms with Crippen LogP contribution >= 0.6 is 0 Å². The first-order chi connectivity index (χ1) is 12.1. The molecule has 0 aliphatic rings. The summed E-state index contributed by atoms with van der Waals surface area (Å²) in [6.45, 7) is 1.91. The largest absolute Gasteiger partial charge is 0.468 e. The molecule has 9 heteroatoms. The molecular formula is C16H14FN7O. The second-order valence-electron chi connectivity index (χ2n) is 5.49. The van der Waals surface area contributed by atoms with Crippen molar-refractivity contribution in [1.29, 1.82) is 0 Å². The predicted octanol–water partition coefficient (Wildman–Crippen LogP) is 1.95. The lowest BCUT2D eigenvalue weighted by molar-refractivity contribution is 0.283. The van der Waals surface area contributed by atoms with Crippen LogP contribution in [-0.4, -0.2) is 34.6 Å².